The van der Waals surface area contributed by atoms with E-state index in [9.17, 15) is 9.59 Å². The van der Waals surface area contributed by atoms with E-state index in [1.165, 1.54) is 5.56 Å². The van der Waals surface area contributed by atoms with Crippen molar-refractivity contribution in [2.75, 3.05) is 58.2 Å². The van der Waals surface area contributed by atoms with Crippen molar-refractivity contribution in [2.45, 2.75) is 19.4 Å². The normalized spacial score (nSPS) is 18.2. The van der Waals surface area contributed by atoms with Crippen molar-refractivity contribution >= 4 is 17.5 Å². The van der Waals surface area contributed by atoms with Crippen molar-refractivity contribution in [3.8, 4) is 5.75 Å². The van der Waals surface area contributed by atoms with Gasteiger partial charge in [0.25, 0.3) is 0 Å². The Labute approximate surface area is 196 Å². The Kier molecular flexibility index (Phi) is 7.96. The summed E-state index contributed by atoms with van der Waals surface area (Å²) < 4.78 is 5.46. The second-order valence-electron chi connectivity index (χ2n) is 8.87. The number of likely N-dealkylation sites (tertiary alicyclic amines) is 1. The summed E-state index contributed by atoms with van der Waals surface area (Å²) in [6.07, 6.45) is 1.58. The minimum Gasteiger partial charge on any atom is -0.496 e. The molecule has 2 aromatic rings. The third-order valence-electron chi connectivity index (χ3n) is 6.67. The second kappa shape index (κ2) is 11.3. The average molecular weight is 451 g/mol. The Morgan fingerprint density at radius 2 is 1.55 bits per heavy atom. The van der Waals surface area contributed by atoms with Gasteiger partial charge in [-0.15, -0.1) is 0 Å². The van der Waals surface area contributed by atoms with Gasteiger partial charge in [0.1, 0.15) is 5.75 Å². The molecule has 0 spiro atoms. The number of piperazine rings is 1. The van der Waals surface area contributed by atoms with E-state index in [1.807, 2.05) is 53.4 Å². The highest BCUT2D eigenvalue weighted by Crippen LogP contribution is 2.21. The summed E-state index contributed by atoms with van der Waals surface area (Å²) in [5.74, 6) is 1.20. The number of para-hydroxylation sites is 2. The maximum absolute atomic E-state index is 12.9. The van der Waals surface area contributed by atoms with Gasteiger partial charge in [-0.3, -0.25) is 19.4 Å². The van der Waals surface area contributed by atoms with Crippen molar-refractivity contribution in [1.29, 1.82) is 0 Å². The first kappa shape index (κ1) is 23.3. The highest BCUT2D eigenvalue weighted by atomic mass is 16.5. The molecule has 1 N–H and O–H groups in total. The number of nitrogens with zero attached hydrogens (tertiary/aromatic N) is 3. The first-order valence-corrected chi connectivity index (χ1v) is 11.8. The number of methoxy groups -OCH3 is 1. The van der Waals surface area contributed by atoms with Crippen molar-refractivity contribution in [2.24, 2.45) is 5.92 Å². The van der Waals surface area contributed by atoms with E-state index in [4.69, 9.17) is 4.74 Å². The van der Waals surface area contributed by atoms with Gasteiger partial charge in [0.05, 0.1) is 13.7 Å². The maximum Gasteiger partial charge on any atom is 0.236 e. The van der Waals surface area contributed by atoms with Crippen LogP contribution in [-0.2, 0) is 16.1 Å². The number of benzene rings is 2. The molecule has 2 heterocycles. The van der Waals surface area contributed by atoms with Crippen molar-refractivity contribution in [3.63, 3.8) is 0 Å². The fourth-order valence-electron chi connectivity index (χ4n) is 4.64. The number of carbonyl (C=O) groups excluding carboxylic acids is 2. The van der Waals surface area contributed by atoms with Gasteiger partial charge in [0.15, 0.2) is 0 Å². The SMILES string of the molecule is COc1ccccc1CN1CCN(C(=O)CN2CCC(C(=O)Nc3ccccc3)CC2)CC1. The lowest BCUT2D eigenvalue weighted by atomic mass is 9.95. The minimum absolute atomic E-state index is 0.00933. The Balaban J connectivity index is 1.17. The fourth-order valence-corrected chi connectivity index (χ4v) is 4.64. The quantitative estimate of drug-likeness (QED) is 0.703. The second-order valence-corrected chi connectivity index (χ2v) is 8.87. The Hall–Kier alpha value is -2.90. The van der Waals surface area contributed by atoms with Gasteiger partial charge in [-0.05, 0) is 44.1 Å². The molecule has 0 atom stereocenters. The molecule has 0 aromatic heterocycles. The smallest absolute Gasteiger partial charge is 0.236 e. The lowest BCUT2D eigenvalue weighted by molar-refractivity contribution is -0.134. The molecule has 176 valence electrons. The van der Waals surface area contributed by atoms with E-state index >= 15 is 0 Å². The van der Waals surface area contributed by atoms with E-state index in [0.717, 1.165) is 70.1 Å². The van der Waals surface area contributed by atoms with Crippen LogP contribution in [-0.4, -0.2) is 79.4 Å². The summed E-state index contributed by atoms with van der Waals surface area (Å²) in [6, 6.07) is 17.7. The summed E-state index contributed by atoms with van der Waals surface area (Å²) in [5.41, 5.74) is 2.02. The van der Waals surface area contributed by atoms with Gasteiger partial charge >= 0.3 is 0 Å². The predicted octanol–water partition coefficient (Wildman–Crippen LogP) is 2.69. The standard InChI is InChI=1S/C26H34N4O3/c1-33-24-10-6-5-7-22(24)19-29-15-17-30(18-16-29)25(31)20-28-13-11-21(12-14-28)26(32)27-23-8-3-2-4-9-23/h2-10,21H,11-20H2,1H3,(H,27,32). The van der Waals surface area contributed by atoms with Gasteiger partial charge < -0.3 is 15.0 Å². The van der Waals surface area contributed by atoms with Crippen LogP contribution < -0.4 is 10.1 Å². The summed E-state index contributed by atoms with van der Waals surface area (Å²) in [6.45, 7) is 6.09. The van der Waals surface area contributed by atoms with Crippen molar-refractivity contribution in [3.05, 3.63) is 60.2 Å². The number of amides is 2. The third-order valence-corrected chi connectivity index (χ3v) is 6.67. The largest absolute Gasteiger partial charge is 0.496 e. The number of carbonyl (C=O) groups is 2. The molecule has 0 unspecified atom stereocenters. The highest BCUT2D eigenvalue weighted by molar-refractivity contribution is 5.92. The number of hydrogen-bond acceptors (Lipinski definition) is 5. The molecular formula is C26H34N4O3. The van der Waals surface area contributed by atoms with Gasteiger partial charge in [0.2, 0.25) is 11.8 Å². The summed E-state index contributed by atoms with van der Waals surface area (Å²) in [7, 11) is 1.70. The van der Waals surface area contributed by atoms with Crippen LogP contribution in [0.15, 0.2) is 54.6 Å². The molecule has 0 bridgehead atoms. The minimum atomic E-state index is 0.00933. The summed E-state index contributed by atoms with van der Waals surface area (Å²) in [4.78, 5) is 31.9. The number of nitrogens with one attached hydrogen (secondary N) is 1. The highest BCUT2D eigenvalue weighted by Gasteiger charge is 2.28. The Morgan fingerprint density at radius 1 is 0.879 bits per heavy atom. The monoisotopic (exact) mass is 450 g/mol. The summed E-state index contributed by atoms with van der Waals surface area (Å²) in [5, 5.41) is 3.00. The number of anilines is 1. The molecule has 0 aliphatic carbocycles. The third kappa shape index (κ3) is 6.33. The van der Waals surface area contributed by atoms with Crippen LogP contribution in [0.5, 0.6) is 5.75 Å². The molecule has 2 fully saturated rings. The lowest BCUT2D eigenvalue weighted by Gasteiger charge is -2.37. The molecule has 0 saturated carbocycles. The molecule has 4 rings (SSSR count). The first-order chi connectivity index (χ1) is 16.1. The van der Waals surface area contributed by atoms with E-state index in [2.05, 4.69) is 21.2 Å². The van der Waals surface area contributed by atoms with Crippen LogP contribution >= 0.6 is 0 Å². The first-order valence-electron chi connectivity index (χ1n) is 11.8. The maximum atomic E-state index is 12.9. The number of rotatable bonds is 7. The zero-order chi connectivity index (χ0) is 23.0. The zero-order valence-corrected chi connectivity index (χ0v) is 19.4. The Bertz CT molecular complexity index is 920. The molecule has 7 heteroatoms. The van der Waals surface area contributed by atoms with Crippen LogP contribution in [0.3, 0.4) is 0 Å². The Morgan fingerprint density at radius 3 is 2.24 bits per heavy atom. The lowest BCUT2D eigenvalue weighted by Crippen LogP contribution is -2.51. The van der Waals surface area contributed by atoms with E-state index in [-0.39, 0.29) is 17.7 Å². The average Bonchev–Trinajstić information content (AvgIpc) is 2.86. The molecule has 2 aromatic carbocycles. The molecule has 2 aliphatic rings. The molecular weight excluding hydrogens is 416 g/mol. The molecule has 7 nitrogen and oxygen atoms in total. The number of hydrogen-bond donors (Lipinski definition) is 1. The van der Waals surface area contributed by atoms with Crippen LogP contribution in [0.25, 0.3) is 0 Å². The topological polar surface area (TPSA) is 65.1 Å². The number of ether oxygens (including phenoxy) is 1. The van der Waals surface area contributed by atoms with Gasteiger partial charge in [-0.25, -0.2) is 0 Å². The van der Waals surface area contributed by atoms with E-state index in [1.54, 1.807) is 7.11 Å². The van der Waals surface area contributed by atoms with E-state index in [0.29, 0.717) is 6.54 Å². The molecule has 2 amide bonds. The van der Waals surface area contributed by atoms with Crippen molar-refractivity contribution in [1.82, 2.24) is 14.7 Å². The molecule has 33 heavy (non-hydrogen) atoms. The van der Waals surface area contributed by atoms with Crippen molar-refractivity contribution < 1.29 is 14.3 Å². The van der Waals surface area contributed by atoms with Gasteiger partial charge in [-0.2, -0.15) is 0 Å². The molecule has 0 radical (unpaired) electrons. The molecule has 2 aliphatic heterocycles. The summed E-state index contributed by atoms with van der Waals surface area (Å²) >= 11 is 0. The zero-order valence-electron chi connectivity index (χ0n) is 19.4. The van der Waals surface area contributed by atoms with Crippen LogP contribution in [0.1, 0.15) is 18.4 Å². The van der Waals surface area contributed by atoms with Crippen LogP contribution in [0.4, 0.5) is 5.69 Å². The van der Waals surface area contributed by atoms with Gasteiger partial charge in [-0.1, -0.05) is 36.4 Å². The predicted molar refractivity (Wildman–Crippen MR) is 129 cm³/mol. The van der Waals surface area contributed by atoms with Crippen LogP contribution in [0.2, 0.25) is 0 Å². The fraction of sp³-hybridized carbons (Fsp3) is 0.462. The van der Waals surface area contributed by atoms with Gasteiger partial charge in [0, 0.05) is 49.9 Å². The van der Waals surface area contributed by atoms with Crippen LogP contribution in [0, 0.1) is 5.92 Å². The molecule has 2 saturated heterocycles. The van der Waals surface area contributed by atoms with E-state index < -0.39 is 0 Å². The number of piperidine rings is 1.